The zero-order valence-electron chi connectivity index (χ0n) is 14.5. The monoisotopic (exact) mass is 358 g/mol. The van der Waals surface area contributed by atoms with Gasteiger partial charge in [0.25, 0.3) is 0 Å². The zero-order chi connectivity index (χ0) is 17.1. The van der Waals surface area contributed by atoms with Gasteiger partial charge in [0.1, 0.15) is 0 Å². The van der Waals surface area contributed by atoms with Crippen LogP contribution in [0.1, 0.15) is 38.5 Å². The van der Waals surface area contributed by atoms with Gasteiger partial charge in [-0.3, -0.25) is 4.90 Å². The van der Waals surface area contributed by atoms with Gasteiger partial charge in [0.05, 0.1) is 6.10 Å². The molecule has 2 fully saturated rings. The minimum atomic E-state index is -0.130. The van der Waals surface area contributed by atoms with E-state index in [9.17, 15) is 5.11 Å². The molecule has 1 saturated carbocycles. The average Bonchev–Trinajstić information content (AvgIpc) is 3.12. The molecular weight excluding hydrogens is 332 g/mol. The Balaban J connectivity index is 1.31. The normalized spacial score (nSPS) is 25.8. The minimum Gasteiger partial charge on any atom is -0.391 e. The van der Waals surface area contributed by atoms with Crippen LogP contribution >= 0.6 is 11.5 Å². The van der Waals surface area contributed by atoms with E-state index >= 15 is 0 Å². The highest BCUT2D eigenvalue weighted by atomic mass is 32.1. The summed E-state index contributed by atoms with van der Waals surface area (Å²) in [7, 11) is 0. The Morgan fingerprint density at radius 2 is 1.80 bits per heavy atom. The lowest BCUT2D eigenvalue weighted by atomic mass is 9.89. The van der Waals surface area contributed by atoms with Gasteiger partial charge in [-0.25, -0.2) is 0 Å². The van der Waals surface area contributed by atoms with E-state index in [1.807, 2.05) is 30.3 Å². The Labute approximate surface area is 153 Å². The Morgan fingerprint density at radius 3 is 2.56 bits per heavy atom. The van der Waals surface area contributed by atoms with Crippen LogP contribution in [0.25, 0.3) is 11.4 Å². The maximum absolute atomic E-state index is 10.3. The molecule has 0 radical (unpaired) electrons. The topological polar surface area (TPSA) is 61.3 Å². The fourth-order valence-corrected chi connectivity index (χ4v) is 4.72. The minimum absolute atomic E-state index is 0.130. The summed E-state index contributed by atoms with van der Waals surface area (Å²) in [6.45, 7) is 2.12. The van der Waals surface area contributed by atoms with Gasteiger partial charge in [-0.15, -0.1) is 0 Å². The first kappa shape index (κ1) is 16.9. The molecule has 0 bridgehead atoms. The fraction of sp³-hybridized carbons (Fsp3) is 0.579. The van der Waals surface area contributed by atoms with Crippen LogP contribution in [0.4, 0.5) is 5.13 Å². The number of anilines is 1. The van der Waals surface area contributed by atoms with Crippen LogP contribution < -0.4 is 5.32 Å². The van der Waals surface area contributed by atoms with Gasteiger partial charge < -0.3 is 10.4 Å². The third-order valence-corrected chi connectivity index (χ3v) is 6.12. The summed E-state index contributed by atoms with van der Waals surface area (Å²) >= 11 is 1.44. The van der Waals surface area contributed by atoms with Crippen LogP contribution in [0.15, 0.2) is 30.3 Å². The summed E-state index contributed by atoms with van der Waals surface area (Å²) in [6.07, 6.45) is 6.62. The van der Waals surface area contributed by atoms with Crippen molar-refractivity contribution >= 4 is 16.7 Å². The largest absolute Gasteiger partial charge is 0.391 e. The van der Waals surface area contributed by atoms with E-state index in [4.69, 9.17) is 0 Å². The highest BCUT2D eigenvalue weighted by Gasteiger charge is 2.31. The summed E-state index contributed by atoms with van der Waals surface area (Å²) < 4.78 is 4.47. The van der Waals surface area contributed by atoms with E-state index in [0.717, 1.165) is 55.3 Å². The van der Waals surface area contributed by atoms with Crippen LogP contribution in [0.2, 0.25) is 0 Å². The number of nitrogens with zero attached hydrogens (tertiary/aromatic N) is 3. The van der Waals surface area contributed by atoms with E-state index in [-0.39, 0.29) is 6.10 Å². The Morgan fingerprint density at radius 1 is 1.04 bits per heavy atom. The third-order valence-electron chi connectivity index (χ3n) is 5.48. The zero-order valence-corrected chi connectivity index (χ0v) is 15.3. The van der Waals surface area contributed by atoms with Crippen molar-refractivity contribution in [3.05, 3.63) is 30.3 Å². The van der Waals surface area contributed by atoms with E-state index in [1.165, 1.54) is 24.4 Å². The number of likely N-dealkylation sites (tertiary alicyclic amines) is 1. The van der Waals surface area contributed by atoms with Crippen LogP contribution in [0.3, 0.4) is 0 Å². The van der Waals surface area contributed by atoms with E-state index < -0.39 is 0 Å². The molecule has 25 heavy (non-hydrogen) atoms. The van der Waals surface area contributed by atoms with Gasteiger partial charge >= 0.3 is 0 Å². The van der Waals surface area contributed by atoms with Crippen molar-refractivity contribution in [1.82, 2.24) is 14.3 Å². The lowest BCUT2D eigenvalue weighted by Crippen LogP contribution is -2.50. The number of aromatic nitrogens is 2. The second-order valence-corrected chi connectivity index (χ2v) is 7.91. The van der Waals surface area contributed by atoms with Gasteiger partial charge in [0.2, 0.25) is 5.13 Å². The van der Waals surface area contributed by atoms with Crippen LogP contribution in [0.5, 0.6) is 0 Å². The maximum Gasteiger partial charge on any atom is 0.203 e. The molecule has 1 aliphatic heterocycles. The van der Waals surface area contributed by atoms with Crippen molar-refractivity contribution in [3.63, 3.8) is 0 Å². The summed E-state index contributed by atoms with van der Waals surface area (Å²) in [5.41, 5.74) is 1.06. The van der Waals surface area contributed by atoms with Crippen molar-refractivity contribution in [1.29, 1.82) is 0 Å². The second-order valence-electron chi connectivity index (χ2n) is 7.16. The SMILES string of the molecule is OC1CCCCC1N1CCC(Nc2nc(-c3ccccc3)ns2)CC1. The highest BCUT2D eigenvalue weighted by Crippen LogP contribution is 2.27. The Hall–Kier alpha value is -1.50. The summed E-state index contributed by atoms with van der Waals surface area (Å²) in [4.78, 5) is 7.14. The summed E-state index contributed by atoms with van der Waals surface area (Å²) in [5.74, 6) is 0.802. The molecule has 134 valence electrons. The van der Waals surface area contributed by atoms with E-state index in [0.29, 0.717) is 12.1 Å². The third kappa shape index (κ3) is 4.02. The van der Waals surface area contributed by atoms with Crippen LogP contribution in [0, 0.1) is 0 Å². The molecule has 0 spiro atoms. The van der Waals surface area contributed by atoms with E-state index in [1.54, 1.807) is 0 Å². The first-order valence-electron chi connectivity index (χ1n) is 9.37. The quantitative estimate of drug-likeness (QED) is 0.877. The standard InChI is InChI=1S/C19H26N4OS/c24-17-9-5-4-8-16(17)23-12-10-15(11-13-23)20-19-21-18(22-25-19)14-6-2-1-3-7-14/h1-3,6-7,15-17,24H,4-5,8-13H2,(H,20,21,22). The first-order valence-corrected chi connectivity index (χ1v) is 10.1. The van der Waals surface area contributed by atoms with Crippen molar-refractivity contribution in [2.75, 3.05) is 18.4 Å². The number of piperidine rings is 1. The van der Waals surface area contributed by atoms with E-state index in [2.05, 4.69) is 19.6 Å². The first-order chi connectivity index (χ1) is 12.3. The molecule has 2 unspecified atom stereocenters. The molecule has 0 amide bonds. The van der Waals surface area contributed by atoms with Crippen molar-refractivity contribution in [2.24, 2.45) is 0 Å². The molecule has 2 heterocycles. The molecule has 2 atom stereocenters. The number of rotatable bonds is 4. The molecule has 4 rings (SSSR count). The number of hydrogen-bond donors (Lipinski definition) is 2. The van der Waals surface area contributed by atoms with Crippen molar-refractivity contribution < 1.29 is 5.11 Å². The second kappa shape index (κ2) is 7.81. The van der Waals surface area contributed by atoms with Crippen LogP contribution in [-0.4, -0.2) is 50.6 Å². The predicted octanol–water partition coefficient (Wildman–Crippen LogP) is 3.38. The fourth-order valence-electron chi connectivity index (χ4n) is 4.05. The summed E-state index contributed by atoms with van der Waals surface area (Å²) in [5, 5.41) is 14.7. The number of aliphatic hydroxyl groups is 1. The van der Waals surface area contributed by atoms with Crippen molar-refractivity contribution in [3.8, 4) is 11.4 Å². The molecule has 1 aromatic heterocycles. The van der Waals surface area contributed by atoms with Gasteiger partial charge in [0.15, 0.2) is 5.82 Å². The number of nitrogens with one attached hydrogen (secondary N) is 1. The highest BCUT2D eigenvalue weighted by molar-refractivity contribution is 7.09. The van der Waals surface area contributed by atoms with Crippen LogP contribution in [-0.2, 0) is 0 Å². The van der Waals surface area contributed by atoms with Crippen molar-refractivity contribution in [2.45, 2.75) is 56.7 Å². The molecule has 2 aliphatic rings. The number of aliphatic hydroxyl groups excluding tert-OH is 1. The molecule has 6 heteroatoms. The maximum atomic E-state index is 10.3. The van der Waals surface area contributed by atoms with Gasteiger partial charge in [0, 0.05) is 42.3 Å². The molecule has 2 aromatic rings. The Bertz CT molecular complexity index is 669. The molecule has 1 aromatic carbocycles. The lowest BCUT2D eigenvalue weighted by Gasteiger charge is -2.41. The van der Waals surface area contributed by atoms with Gasteiger partial charge in [-0.2, -0.15) is 9.36 Å². The van der Waals surface area contributed by atoms with Gasteiger partial charge in [-0.1, -0.05) is 43.2 Å². The molecular formula is C19H26N4OS. The average molecular weight is 359 g/mol. The number of hydrogen-bond acceptors (Lipinski definition) is 6. The molecule has 2 N–H and O–H groups in total. The summed E-state index contributed by atoms with van der Waals surface area (Å²) in [6, 6.07) is 10.9. The molecule has 1 aliphatic carbocycles. The Kier molecular flexibility index (Phi) is 5.29. The molecule has 1 saturated heterocycles. The predicted molar refractivity (Wildman–Crippen MR) is 102 cm³/mol. The number of benzene rings is 1. The molecule has 5 nitrogen and oxygen atoms in total. The lowest BCUT2D eigenvalue weighted by molar-refractivity contribution is 0.00994. The smallest absolute Gasteiger partial charge is 0.203 e. The van der Waals surface area contributed by atoms with Gasteiger partial charge in [-0.05, 0) is 25.7 Å².